The summed E-state index contributed by atoms with van der Waals surface area (Å²) in [7, 11) is 2.13. The Balaban J connectivity index is 1.46. The fourth-order valence-corrected chi connectivity index (χ4v) is 5.70. The van der Waals surface area contributed by atoms with E-state index in [4.69, 9.17) is 4.74 Å². The highest BCUT2D eigenvalue weighted by Crippen LogP contribution is 2.54. The number of aromatic nitrogens is 2. The third-order valence-corrected chi connectivity index (χ3v) is 8.09. The van der Waals surface area contributed by atoms with Gasteiger partial charge in [0.05, 0.1) is 23.1 Å². The van der Waals surface area contributed by atoms with Crippen LogP contribution in [-0.4, -0.2) is 53.6 Å². The van der Waals surface area contributed by atoms with E-state index in [1.54, 1.807) is 18.5 Å². The Kier molecular flexibility index (Phi) is 5.71. The van der Waals surface area contributed by atoms with Crippen LogP contribution in [0.2, 0.25) is 0 Å². The number of nitrogens with one attached hydrogen (secondary N) is 3. The summed E-state index contributed by atoms with van der Waals surface area (Å²) in [5.41, 5.74) is 5.01. The van der Waals surface area contributed by atoms with E-state index in [-0.39, 0.29) is 17.1 Å². The van der Waals surface area contributed by atoms with Gasteiger partial charge < -0.3 is 25.3 Å². The van der Waals surface area contributed by atoms with E-state index in [1.165, 1.54) is 12.5 Å². The Hall–Kier alpha value is -3.39. The topological polar surface area (TPSA) is 82.3 Å². The normalized spacial score (nSPS) is 20.3. The number of hydrogen-bond donors (Lipinski definition) is 3. The third kappa shape index (κ3) is 3.84. The lowest BCUT2D eigenvalue weighted by atomic mass is 9.93. The fraction of sp³-hybridized carbons (Fsp3) is 0.429. The summed E-state index contributed by atoms with van der Waals surface area (Å²) in [6.07, 6.45) is 8.33. The summed E-state index contributed by atoms with van der Waals surface area (Å²) in [6, 6.07) is 7.31. The van der Waals surface area contributed by atoms with E-state index < -0.39 is 0 Å². The molecule has 7 nitrogen and oxygen atoms in total. The highest BCUT2D eigenvalue weighted by atomic mass is 19.1. The molecule has 3 aromatic rings. The Morgan fingerprint density at radius 1 is 1.31 bits per heavy atom. The van der Waals surface area contributed by atoms with E-state index >= 15 is 0 Å². The lowest BCUT2D eigenvalue weighted by Gasteiger charge is -2.23. The van der Waals surface area contributed by atoms with Crippen molar-refractivity contribution in [2.75, 3.05) is 32.1 Å². The summed E-state index contributed by atoms with van der Waals surface area (Å²) >= 11 is 0. The summed E-state index contributed by atoms with van der Waals surface area (Å²) in [5.74, 6) is 0.288. The van der Waals surface area contributed by atoms with Gasteiger partial charge in [0, 0.05) is 46.7 Å². The molecule has 3 aliphatic rings. The predicted octanol–water partition coefficient (Wildman–Crippen LogP) is 4.77. The molecule has 1 spiro atoms. The number of aromatic amines is 1. The number of fused-ring (bicyclic) bond motifs is 2. The van der Waals surface area contributed by atoms with E-state index in [9.17, 15) is 9.18 Å². The first kappa shape index (κ1) is 23.0. The standard InChI is InChI=1S/C28H32FN5O2/c1-3-18-20(29)7-4-8-21(18)32-25-23-26(28(10-11-28)16-31-27(23)35)33-24(25)19-9-12-30-14-22(19)36-15-17-6-5-13-34(17)2/h4,7-9,12,14,17,32-33H,3,5-6,10-11,13,15-16H2,1-2H3,(H,31,35)/t17-/m1/s1. The molecule has 0 radical (unpaired) electrons. The van der Waals surface area contributed by atoms with Crippen molar-refractivity contribution in [3.05, 3.63) is 59.3 Å². The van der Waals surface area contributed by atoms with Crippen molar-refractivity contribution in [1.82, 2.24) is 20.2 Å². The largest absolute Gasteiger partial charge is 0.490 e. The predicted molar refractivity (Wildman–Crippen MR) is 137 cm³/mol. The van der Waals surface area contributed by atoms with E-state index in [0.29, 0.717) is 53.9 Å². The number of rotatable bonds is 7. The van der Waals surface area contributed by atoms with Crippen LogP contribution in [0.25, 0.3) is 11.3 Å². The molecule has 1 amide bonds. The van der Waals surface area contributed by atoms with Crippen molar-refractivity contribution < 1.29 is 13.9 Å². The van der Waals surface area contributed by atoms with Crippen LogP contribution < -0.4 is 15.4 Å². The molecular weight excluding hydrogens is 457 g/mol. The Morgan fingerprint density at radius 3 is 2.92 bits per heavy atom. The SMILES string of the molecule is CCc1c(F)cccc1Nc1c(-c2ccncc2OC[C@H]2CCCN2C)[nH]c2c1C(=O)NCC21CC1. The number of anilines is 2. The number of carbonyl (C=O) groups excluding carboxylic acids is 1. The minimum atomic E-state index is -0.259. The number of benzene rings is 1. The summed E-state index contributed by atoms with van der Waals surface area (Å²) in [5, 5.41) is 6.53. The number of halogens is 1. The lowest BCUT2D eigenvalue weighted by molar-refractivity contribution is 0.0938. The Labute approximate surface area is 210 Å². The molecule has 2 fully saturated rings. The molecule has 3 N–H and O–H groups in total. The number of likely N-dealkylation sites (N-methyl/N-ethyl adjacent to an activating group) is 1. The molecule has 4 heterocycles. The average molecular weight is 490 g/mol. The van der Waals surface area contributed by atoms with Gasteiger partial charge in [0.25, 0.3) is 5.91 Å². The number of amides is 1. The highest BCUT2D eigenvalue weighted by molar-refractivity contribution is 6.07. The van der Waals surface area contributed by atoms with Gasteiger partial charge in [0.1, 0.15) is 18.2 Å². The molecule has 8 heteroatoms. The van der Waals surface area contributed by atoms with Gasteiger partial charge in [-0.25, -0.2) is 4.39 Å². The van der Waals surface area contributed by atoms with Gasteiger partial charge in [0.15, 0.2) is 0 Å². The number of H-pyrrole nitrogens is 1. The zero-order valence-corrected chi connectivity index (χ0v) is 20.8. The second-order valence-corrected chi connectivity index (χ2v) is 10.3. The molecule has 6 rings (SSSR count). The smallest absolute Gasteiger partial charge is 0.255 e. The van der Waals surface area contributed by atoms with Gasteiger partial charge in [-0.15, -0.1) is 0 Å². The molecule has 2 aliphatic heterocycles. The van der Waals surface area contributed by atoms with E-state index in [2.05, 4.69) is 32.5 Å². The Bertz CT molecular complexity index is 1320. The van der Waals surface area contributed by atoms with Crippen LogP contribution in [-0.2, 0) is 11.8 Å². The molecule has 2 aromatic heterocycles. The summed E-state index contributed by atoms with van der Waals surface area (Å²) in [4.78, 5) is 23.5. The summed E-state index contributed by atoms with van der Waals surface area (Å²) < 4.78 is 21.0. The van der Waals surface area contributed by atoms with Crippen molar-refractivity contribution in [3.8, 4) is 17.0 Å². The van der Waals surface area contributed by atoms with Crippen molar-refractivity contribution in [1.29, 1.82) is 0 Å². The maximum atomic E-state index is 14.6. The van der Waals surface area contributed by atoms with E-state index in [0.717, 1.165) is 42.8 Å². The number of pyridine rings is 1. The second-order valence-electron chi connectivity index (χ2n) is 10.3. The van der Waals surface area contributed by atoms with E-state index in [1.807, 2.05) is 19.1 Å². The average Bonchev–Trinajstić information content (AvgIpc) is 3.38. The third-order valence-electron chi connectivity index (χ3n) is 8.09. The minimum absolute atomic E-state index is 0.0615. The Morgan fingerprint density at radius 2 is 2.17 bits per heavy atom. The van der Waals surface area contributed by atoms with Crippen molar-refractivity contribution in [3.63, 3.8) is 0 Å². The van der Waals surface area contributed by atoms with Crippen molar-refractivity contribution >= 4 is 17.3 Å². The van der Waals surface area contributed by atoms with Crippen LogP contribution >= 0.6 is 0 Å². The van der Waals surface area contributed by atoms with Gasteiger partial charge in [-0.3, -0.25) is 9.78 Å². The number of hydrogen-bond acceptors (Lipinski definition) is 5. The van der Waals surface area contributed by atoms with Gasteiger partial charge in [0.2, 0.25) is 0 Å². The number of likely N-dealkylation sites (tertiary alicyclic amines) is 1. The zero-order chi connectivity index (χ0) is 24.9. The molecule has 36 heavy (non-hydrogen) atoms. The first-order chi connectivity index (χ1) is 17.5. The van der Waals surface area contributed by atoms with Gasteiger partial charge in [-0.2, -0.15) is 0 Å². The molecular formula is C28H32FN5O2. The summed E-state index contributed by atoms with van der Waals surface area (Å²) in [6.45, 7) is 4.21. The highest BCUT2D eigenvalue weighted by Gasteiger charge is 2.51. The number of carbonyl (C=O) groups is 1. The molecule has 1 atom stereocenters. The van der Waals surface area contributed by atoms with Crippen molar-refractivity contribution in [2.24, 2.45) is 0 Å². The minimum Gasteiger partial charge on any atom is -0.490 e. The molecule has 1 saturated heterocycles. The fourth-order valence-electron chi connectivity index (χ4n) is 5.70. The van der Waals surface area contributed by atoms with Crippen LogP contribution in [0, 0.1) is 5.82 Å². The van der Waals surface area contributed by atoms with Gasteiger partial charge >= 0.3 is 0 Å². The maximum Gasteiger partial charge on any atom is 0.255 e. The van der Waals surface area contributed by atoms with Crippen LogP contribution in [0.4, 0.5) is 15.8 Å². The molecule has 1 aromatic carbocycles. The van der Waals surface area contributed by atoms with Gasteiger partial charge in [-0.1, -0.05) is 13.0 Å². The molecule has 1 aliphatic carbocycles. The first-order valence-electron chi connectivity index (χ1n) is 12.9. The van der Waals surface area contributed by atoms with Crippen molar-refractivity contribution in [2.45, 2.75) is 50.5 Å². The number of ether oxygens (including phenoxy) is 1. The zero-order valence-electron chi connectivity index (χ0n) is 20.8. The molecule has 0 unspecified atom stereocenters. The quantitative estimate of drug-likeness (QED) is 0.445. The van der Waals surface area contributed by atoms with Crippen LogP contribution in [0.15, 0.2) is 36.7 Å². The molecule has 1 saturated carbocycles. The van der Waals surface area contributed by atoms with Crippen LogP contribution in [0.1, 0.15) is 54.2 Å². The lowest BCUT2D eigenvalue weighted by Crippen LogP contribution is -2.39. The maximum absolute atomic E-state index is 14.6. The first-order valence-corrected chi connectivity index (χ1v) is 12.9. The monoisotopic (exact) mass is 489 g/mol. The number of nitrogens with zero attached hydrogens (tertiary/aromatic N) is 2. The second kappa shape index (κ2) is 8.92. The van der Waals surface area contributed by atoms with Gasteiger partial charge in [-0.05, 0) is 63.9 Å². The molecule has 0 bridgehead atoms. The molecule has 188 valence electrons. The van der Waals surface area contributed by atoms with Crippen LogP contribution in [0.5, 0.6) is 5.75 Å². The van der Waals surface area contributed by atoms with Crippen LogP contribution in [0.3, 0.4) is 0 Å².